The van der Waals surface area contributed by atoms with Gasteiger partial charge >= 0.3 is 0 Å². The maximum absolute atomic E-state index is 13.0. The zero-order chi connectivity index (χ0) is 22.7. The van der Waals surface area contributed by atoms with Crippen LogP contribution in [0.3, 0.4) is 0 Å². The van der Waals surface area contributed by atoms with Gasteiger partial charge in [0.15, 0.2) is 17.3 Å². The van der Waals surface area contributed by atoms with Crippen molar-refractivity contribution in [2.75, 3.05) is 32.6 Å². The Hall–Kier alpha value is -3.16. The number of thiophene rings is 1. The summed E-state index contributed by atoms with van der Waals surface area (Å²) >= 11 is 1.67. The number of anilines is 1. The molecular weight excluding hydrogens is 424 g/mol. The Morgan fingerprint density at radius 1 is 1.09 bits per heavy atom. The highest BCUT2D eigenvalue weighted by Gasteiger charge is 2.32. The molecule has 1 amide bonds. The minimum absolute atomic E-state index is 0.0626. The second-order valence-electron chi connectivity index (χ2n) is 7.69. The summed E-state index contributed by atoms with van der Waals surface area (Å²) in [6.07, 6.45) is 0.800. The second-order valence-corrected chi connectivity index (χ2v) is 8.67. The second kappa shape index (κ2) is 9.54. The molecule has 0 aliphatic carbocycles. The summed E-state index contributed by atoms with van der Waals surface area (Å²) in [7, 11) is 3.27. The summed E-state index contributed by atoms with van der Waals surface area (Å²) in [6.45, 7) is 2.44. The van der Waals surface area contributed by atoms with Gasteiger partial charge in [0.2, 0.25) is 5.91 Å². The van der Waals surface area contributed by atoms with E-state index in [0.29, 0.717) is 22.7 Å². The van der Waals surface area contributed by atoms with Gasteiger partial charge in [-0.15, -0.1) is 11.3 Å². The number of methoxy groups -OCH3 is 2. The van der Waals surface area contributed by atoms with E-state index in [2.05, 4.69) is 16.3 Å². The lowest BCUT2D eigenvalue weighted by atomic mass is 9.91. The first kappa shape index (κ1) is 22.0. The Bertz CT molecular complexity index is 1130. The van der Waals surface area contributed by atoms with Gasteiger partial charge in [-0.3, -0.25) is 14.5 Å². The first-order chi connectivity index (χ1) is 15.5. The summed E-state index contributed by atoms with van der Waals surface area (Å²) in [6, 6.07) is 15.2. The minimum Gasteiger partial charge on any atom is -0.493 e. The van der Waals surface area contributed by atoms with Gasteiger partial charge in [0.25, 0.3) is 0 Å². The van der Waals surface area contributed by atoms with E-state index in [1.807, 2.05) is 29.6 Å². The fourth-order valence-corrected chi connectivity index (χ4v) is 5.10. The van der Waals surface area contributed by atoms with Crippen LogP contribution in [0.4, 0.5) is 5.69 Å². The minimum atomic E-state index is -0.149. The fraction of sp³-hybridized carbons (Fsp3) is 0.280. The zero-order valence-corrected chi connectivity index (χ0v) is 19.2. The van der Waals surface area contributed by atoms with Crippen LogP contribution in [0, 0.1) is 0 Å². The molecule has 0 radical (unpaired) electrons. The summed E-state index contributed by atoms with van der Waals surface area (Å²) in [4.78, 5) is 28.2. The molecule has 4 rings (SSSR count). The number of carbonyl (C=O) groups excluding carboxylic acids is 2. The van der Waals surface area contributed by atoms with Crippen LogP contribution in [0.25, 0.3) is 0 Å². The molecule has 0 bridgehead atoms. The fourth-order valence-electron chi connectivity index (χ4n) is 4.22. The number of hydrogen-bond donors (Lipinski definition) is 1. The van der Waals surface area contributed by atoms with Crippen molar-refractivity contribution in [1.29, 1.82) is 0 Å². The van der Waals surface area contributed by atoms with Gasteiger partial charge in [-0.05, 0) is 60.2 Å². The summed E-state index contributed by atoms with van der Waals surface area (Å²) in [5.41, 5.74) is 3.37. The van der Waals surface area contributed by atoms with Crippen molar-refractivity contribution in [2.45, 2.75) is 19.4 Å². The molecule has 2 aromatic carbocycles. The number of ketones is 1. The van der Waals surface area contributed by atoms with Crippen LogP contribution in [-0.2, 0) is 11.2 Å². The van der Waals surface area contributed by atoms with E-state index in [4.69, 9.17) is 9.47 Å². The number of Topliss-reactive ketones (excluding diaryl/α,β-unsaturated/α-hetero) is 1. The largest absolute Gasteiger partial charge is 0.493 e. The third kappa shape index (κ3) is 4.40. The molecule has 0 fully saturated rings. The molecule has 6 nitrogen and oxygen atoms in total. The molecule has 1 N–H and O–H groups in total. The Morgan fingerprint density at radius 3 is 2.53 bits per heavy atom. The van der Waals surface area contributed by atoms with Crippen LogP contribution >= 0.6 is 11.3 Å². The van der Waals surface area contributed by atoms with Gasteiger partial charge in [0.05, 0.1) is 32.5 Å². The van der Waals surface area contributed by atoms with Crippen molar-refractivity contribution >= 4 is 28.7 Å². The average Bonchev–Trinajstić information content (AvgIpc) is 3.32. The molecule has 2 heterocycles. The van der Waals surface area contributed by atoms with E-state index in [1.165, 1.54) is 12.5 Å². The van der Waals surface area contributed by atoms with Gasteiger partial charge < -0.3 is 14.8 Å². The van der Waals surface area contributed by atoms with E-state index in [1.54, 1.807) is 43.8 Å². The molecule has 1 aliphatic rings. The average molecular weight is 451 g/mol. The number of nitrogens with zero attached hydrogens (tertiary/aromatic N) is 1. The van der Waals surface area contributed by atoms with Crippen molar-refractivity contribution in [3.63, 3.8) is 0 Å². The van der Waals surface area contributed by atoms with E-state index in [9.17, 15) is 9.59 Å². The smallest absolute Gasteiger partial charge is 0.238 e. The van der Waals surface area contributed by atoms with Crippen LogP contribution < -0.4 is 14.8 Å². The number of ether oxygens (including phenoxy) is 2. The number of rotatable bonds is 7. The monoisotopic (exact) mass is 450 g/mol. The number of para-hydroxylation sites is 1. The van der Waals surface area contributed by atoms with Crippen LogP contribution in [0.15, 0.2) is 53.9 Å². The first-order valence-corrected chi connectivity index (χ1v) is 11.3. The molecule has 1 unspecified atom stereocenters. The Balaban J connectivity index is 1.63. The first-order valence-electron chi connectivity index (χ1n) is 10.4. The molecule has 0 spiro atoms. The summed E-state index contributed by atoms with van der Waals surface area (Å²) in [5.74, 6) is 1.16. The number of amides is 1. The molecule has 32 heavy (non-hydrogen) atoms. The van der Waals surface area contributed by atoms with E-state index >= 15 is 0 Å². The van der Waals surface area contributed by atoms with E-state index in [-0.39, 0.29) is 24.3 Å². The van der Waals surface area contributed by atoms with Gasteiger partial charge in [0, 0.05) is 17.0 Å². The van der Waals surface area contributed by atoms with Crippen molar-refractivity contribution < 1.29 is 19.1 Å². The standard InChI is InChI=1S/C25H26N2O4S/c1-16(28)18-7-4-5-8-20(18)26-24(29)15-27-11-10-17-13-21(30-2)22(31-3)14-19(17)25(27)23-9-6-12-32-23/h4-9,12-14,25H,10-11,15H2,1-3H3,(H,26,29). The lowest BCUT2D eigenvalue weighted by Gasteiger charge is -2.37. The molecule has 0 saturated carbocycles. The summed E-state index contributed by atoms with van der Waals surface area (Å²) in [5, 5.41) is 4.97. The highest BCUT2D eigenvalue weighted by atomic mass is 32.1. The predicted molar refractivity (Wildman–Crippen MR) is 126 cm³/mol. The quantitative estimate of drug-likeness (QED) is 0.535. The van der Waals surface area contributed by atoms with Crippen molar-refractivity contribution in [1.82, 2.24) is 4.90 Å². The maximum Gasteiger partial charge on any atom is 0.238 e. The topological polar surface area (TPSA) is 67.9 Å². The van der Waals surface area contributed by atoms with Crippen LogP contribution in [-0.4, -0.2) is 43.9 Å². The number of nitrogens with one attached hydrogen (secondary N) is 1. The number of fused-ring (bicyclic) bond motifs is 1. The van der Waals surface area contributed by atoms with Gasteiger partial charge in [-0.2, -0.15) is 0 Å². The number of hydrogen-bond acceptors (Lipinski definition) is 6. The normalized spacial score (nSPS) is 15.7. The number of carbonyl (C=O) groups is 2. The Labute approximate surface area is 191 Å². The molecule has 166 valence electrons. The highest BCUT2D eigenvalue weighted by Crippen LogP contribution is 2.42. The Kier molecular flexibility index (Phi) is 6.58. The van der Waals surface area contributed by atoms with Gasteiger partial charge in [-0.1, -0.05) is 18.2 Å². The molecular formula is C25H26N2O4S. The van der Waals surface area contributed by atoms with Crippen LogP contribution in [0.2, 0.25) is 0 Å². The van der Waals surface area contributed by atoms with Gasteiger partial charge in [0.1, 0.15) is 0 Å². The Morgan fingerprint density at radius 2 is 1.84 bits per heavy atom. The molecule has 1 atom stereocenters. The highest BCUT2D eigenvalue weighted by molar-refractivity contribution is 7.10. The van der Waals surface area contributed by atoms with Crippen LogP contribution in [0.5, 0.6) is 11.5 Å². The molecule has 0 saturated heterocycles. The molecule has 1 aliphatic heterocycles. The van der Waals surface area contributed by atoms with Crippen molar-refractivity contribution in [2.24, 2.45) is 0 Å². The van der Waals surface area contributed by atoms with Crippen molar-refractivity contribution in [3.05, 3.63) is 75.5 Å². The zero-order valence-electron chi connectivity index (χ0n) is 18.4. The van der Waals surface area contributed by atoms with Crippen molar-refractivity contribution in [3.8, 4) is 11.5 Å². The third-order valence-electron chi connectivity index (χ3n) is 5.71. The van der Waals surface area contributed by atoms with Gasteiger partial charge in [-0.25, -0.2) is 0 Å². The lowest BCUT2D eigenvalue weighted by Crippen LogP contribution is -2.41. The summed E-state index contributed by atoms with van der Waals surface area (Å²) < 4.78 is 11.0. The predicted octanol–water partition coefficient (Wildman–Crippen LogP) is 4.55. The SMILES string of the molecule is COc1cc2c(cc1OC)C(c1cccs1)N(CC(=O)Nc1ccccc1C(C)=O)CC2. The lowest BCUT2D eigenvalue weighted by molar-refractivity contribution is -0.117. The van der Waals surface area contributed by atoms with E-state index in [0.717, 1.165) is 23.4 Å². The number of benzene rings is 2. The molecule has 1 aromatic heterocycles. The molecule has 7 heteroatoms. The molecule has 3 aromatic rings. The third-order valence-corrected chi connectivity index (χ3v) is 6.64. The van der Waals surface area contributed by atoms with Crippen LogP contribution in [0.1, 0.15) is 39.3 Å². The maximum atomic E-state index is 13.0. The van der Waals surface area contributed by atoms with E-state index < -0.39 is 0 Å².